The Morgan fingerprint density at radius 3 is 2.43 bits per heavy atom. The minimum Gasteiger partial charge on any atom is -0.349 e. The van der Waals surface area contributed by atoms with E-state index in [1.54, 1.807) is 19.0 Å². The summed E-state index contributed by atoms with van der Waals surface area (Å²) in [5.41, 5.74) is 7.02. The molecule has 0 fully saturated rings. The molecule has 0 aromatic heterocycles. The molecule has 3 aromatic carbocycles. The molecule has 1 N–H and O–H groups in total. The molecule has 0 atom stereocenters. The molecule has 4 rings (SSSR count). The summed E-state index contributed by atoms with van der Waals surface area (Å²) < 4.78 is 0. The number of rotatable bonds is 4. The Morgan fingerprint density at radius 2 is 1.61 bits per heavy atom. The topological polar surface area (TPSA) is 49.4 Å². The van der Waals surface area contributed by atoms with Crippen LogP contribution in [0.3, 0.4) is 0 Å². The summed E-state index contributed by atoms with van der Waals surface area (Å²) >= 11 is 0. The fourth-order valence-electron chi connectivity index (χ4n) is 3.60. The van der Waals surface area contributed by atoms with Gasteiger partial charge in [-0.05, 0) is 52.4 Å². The van der Waals surface area contributed by atoms with E-state index >= 15 is 0 Å². The van der Waals surface area contributed by atoms with E-state index in [4.69, 9.17) is 0 Å². The van der Waals surface area contributed by atoms with Gasteiger partial charge in [0.05, 0.1) is 6.42 Å². The molecular weight excluding hydrogens is 348 g/mol. The van der Waals surface area contributed by atoms with E-state index in [1.807, 2.05) is 54.6 Å². The van der Waals surface area contributed by atoms with Gasteiger partial charge in [0.15, 0.2) is 0 Å². The third-order valence-corrected chi connectivity index (χ3v) is 5.16. The summed E-state index contributed by atoms with van der Waals surface area (Å²) in [5.74, 6) is -0.166. The third-order valence-electron chi connectivity index (χ3n) is 5.16. The summed E-state index contributed by atoms with van der Waals surface area (Å²) in [6.07, 6.45) is 1.10. The molecule has 140 valence electrons. The van der Waals surface area contributed by atoms with Gasteiger partial charge in [0.1, 0.15) is 0 Å². The first-order valence-electron chi connectivity index (χ1n) is 9.33. The van der Waals surface area contributed by atoms with E-state index in [1.165, 1.54) is 22.3 Å². The van der Waals surface area contributed by atoms with Gasteiger partial charge in [0.25, 0.3) is 5.91 Å². The van der Waals surface area contributed by atoms with Crippen LogP contribution in [0, 0.1) is 0 Å². The second kappa shape index (κ2) is 7.31. The van der Waals surface area contributed by atoms with Gasteiger partial charge in [0.2, 0.25) is 5.91 Å². The van der Waals surface area contributed by atoms with Crippen LogP contribution in [-0.2, 0) is 17.6 Å². The van der Waals surface area contributed by atoms with Crippen molar-refractivity contribution in [1.29, 1.82) is 0 Å². The molecular formula is C24H22N2O2. The molecule has 1 aliphatic carbocycles. The predicted molar refractivity (Wildman–Crippen MR) is 111 cm³/mol. The maximum absolute atomic E-state index is 12.9. The third kappa shape index (κ3) is 3.41. The Hall–Kier alpha value is -3.40. The van der Waals surface area contributed by atoms with Crippen molar-refractivity contribution in [1.82, 2.24) is 4.90 Å². The Kier molecular flexibility index (Phi) is 4.70. The number of amides is 2. The number of hydrogen-bond donors (Lipinski definition) is 1. The van der Waals surface area contributed by atoms with Crippen LogP contribution in [-0.4, -0.2) is 30.8 Å². The first-order valence-corrected chi connectivity index (χ1v) is 9.33. The van der Waals surface area contributed by atoms with Gasteiger partial charge in [-0.3, -0.25) is 9.59 Å². The first-order chi connectivity index (χ1) is 13.5. The van der Waals surface area contributed by atoms with Gasteiger partial charge < -0.3 is 10.2 Å². The highest BCUT2D eigenvalue weighted by molar-refractivity contribution is 6.05. The summed E-state index contributed by atoms with van der Waals surface area (Å²) in [4.78, 5) is 26.5. The van der Waals surface area contributed by atoms with Crippen molar-refractivity contribution in [2.45, 2.75) is 12.8 Å². The normalized spacial score (nSPS) is 11.5. The van der Waals surface area contributed by atoms with E-state index in [9.17, 15) is 9.59 Å². The first kappa shape index (κ1) is 18.0. The monoisotopic (exact) mass is 370 g/mol. The molecule has 28 heavy (non-hydrogen) atoms. The van der Waals surface area contributed by atoms with Crippen LogP contribution in [0.4, 0.5) is 5.69 Å². The van der Waals surface area contributed by atoms with Crippen molar-refractivity contribution in [2.75, 3.05) is 19.4 Å². The quantitative estimate of drug-likeness (QED) is 0.587. The lowest BCUT2D eigenvalue weighted by Crippen LogP contribution is -2.24. The van der Waals surface area contributed by atoms with Gasteiger partial charge in [-0.25, -0.2) is 0 Å². The number of benzene rings is 3. The smallest absolute Gasteiger partial charge is 0.255 e. The SMILES string of the molecule is CN(C)C(=O)Cc1ccccc1NC(=O)c1ccc2c(c1)Cc1ccccc1-2. The fraction of sp³-hybridized carbons (Fsp3) is 0.167. The molecule has 0 aliphatic heterocycles. The van der Waals surface area contributed by atoms with Crippen LogP contribution in [0.15, 0.2) is 66.7 Å². The average Bonchev–Trinajstić information content (AvgIpc) is 3.07. The molecule has 0 unspecified atom stereocenters. The molecule has 4 nitrogen and oxygen atoms in total. The molecule has 2 amide bonds. The van der Waals surface area contributed by atoms with Crippen molar-refractivity contribution >= 4 is 17.5 Å². The van der Waals surface area contributed by atoms with Crippen molar-refractivity contribution in [3.05, 3.63) is 89.0 Å². The highest BCUT2D eigenvalue weighted by Crippen LogP contribution is 2.36. The lowest BCUT2D eigenvalue weighted by Gasteiger charge is -2.14. The van der Waals surface area contributed by atoms with E-state index in [0.717, 1.165) is 12.0 Å². The van der Waals surface area contributed by atoms with Crippen molar-refractivity contribution in [3.8, 4) is 11.1 Å². The largest absolute Gasteiger partial charge is 0.349 e. The van der Waals surface area contributed by atoms with Gasteiger partial charge in [-0.1, -0.05) is 48.5 Å². The number of hydrogen-bond acceptors (Lipinski definition) is 2. The molecule has 3 aromatic rings. The Balaban J connectivity index is 1.56. The van der Waals surface area contributed by atoms with Crippen LogP contribution in [0.1, 0.15) is 27.0 Å². The van der Waals surface area contributed by atoms with E-state index in [0.29, 0.717) is 11.3 Å². The van der Waals surface area contributed by atoms with Crippen LogP contribution in [0.5, 0.6) is 0 Å². The van der Waals surface area contributed by atoms with Gasteiger partial charge >= 0.3 is 0 Å². The lowest BCUT2D eigenvalue weighted by molar-refractivity contribution is -0.127. The highest BCUT2D eigenvalue weighted by Gasteiger charge is 2.20. The maximum Gasteiger partial charge on any atom is 0.255 e. The predicted octanol–water partition coefficient (Wildman–Crippen LogP) is 4.14. The molecule has 1 aliphatic rings. The summed E-state index contributed by atoms with van der Waals surface area (Å²) in [6.45, 7) is 0. The van der Waals surface area contributed by atoms with Gasteiger partial charge in [-0.2, -0.15) is 0 Å². The Bertz CT molecular complexity index is 1070. The number of para-hydroxylation sites is 1. The molecule has 0 saturated carbocycles. The second-order valence-corrected chi connectivity index (χ2v) is 7.28. The number of nitrogens with one attached hydrogen (secondary N) is 1. The van der Waals surface area contributed by atoms with E-state index in [-0.39, 0.29) is 18.2 Å². The number of carbonyl (C=O) groups is 2. The number of anilines is 1. The fourth-order valence-corrected chi connectivity index (χ4v) is 3.60. The van der Waals surface area contributed by atoms with E-state index in [2.05, 4.69) is 17.4 Å². The van der Waals surface area contributed by atoms with Gasteiger partial charge in [0, 0.05) is 25.3 Å². The van der Waals surface area contributed by atoms with Crippen molar-refractivity contribution in [2.24, 2.45) is 0 Å². The number of nitrogens with zero attached hydrogens (tertiary/aromatic N) is 1. The summed E-state index contributed by atoms with van der Waals surface area (Å²) in [7, 11) is 3.46. The van der Waals surface area contributed by atoms with Crippen molar-refractivity contribution in [3.63, 3.8) is 0 Å². The molecule has 0 heterocycles. The number of carbonyl (C=O) groups excluding carboxylic acids is 2. The Morgan fingerprint density at radius 1 is 0.893 bits per heavy atom. The molecule has 0 spiro atoms. The molecule has 4 heteroatoms. The highest BCUT2D eigenvalue weighted by atomic mass is 16.2. The summed E-state index contributed by atoms with van der Waals surface area (Å²) in [6, 6.07) is 21.6. The minimum absolute atomic E-state index is 0.00278. The minimum atomic E-state index is -0.163. The second-order valence-electron chi connectivity index (χ2n) is 7.28. The van der Waals surface area contributed by atoms with Crippen LogP contribution in [0.25, 0.3) is 11.1 Å². The zero-order chi connectivity index (χ0) is 19.7. The number of fused-ring (bicyclic) bond motifs is 3. The zero-order valence-corrected chi connectivity index (χ0v) is 16.0. The number of likely N-dealkylation sites (N-methyl/N-ethyl adjacent to an activating group) is 1. The van der Waals surface area contributed by atoms with Crippen LogP contribution in [0.2, 0.25) is 0 Å². The standard InChI is InChI=1S/C24H22N2O2/c1-26(2)23(27)15-17-8-4-6-10-22(17)25-24(28)18-11-12-21-19(14-18)13-16-7-3-5-9-20(16)21/h3-12,14H,13,15H2,1-2H3,(H,25,28). The molecule has 0 saturated heterocycles. The molecule has 0 radical (unpaired) electrons. The Labute approximate surface area is 164 Å². The van der Waals surface area contributed by atoms with Crippen molar-refractivity contribution < 1.29 is 9.59 Å². The van der Waals surface area contributed by atoms with Crippen LogP contribution < -0.4 is 5.32 Å². The van der Waals surface area contributed by atoms with Gasteiger partial charge in [-0.15, -0.1) is 0 Å². The lowest BCUT2D eigenvalue weighted by atomic mass is 10.0. The maximum atomic E-state index is 12.9. The van der Waals surface area contributed by atoms with Crippen LogP contribution >= 0.6 is 0 Å². The average molecular weight is 370 g/mol. The molecule has 0 bridgehead atoms. The zero-order valence-electron chi connectivity index (χ0n) is 16.0. The summed E-state index contributed by atoms with van der Waals surface area (Å²) in [5, 5.41) is 2.97. The van der Waals surface area contributed by atoms with E-state index < -0.39 is 0 Å².